The summed E-state index contributed by atoms with van der Waals surface area (Å²) in [4.78, 5) is 14.3. The van der Waals surface area contributed by atoms with Gasteiger partial charge in [0, 0.05) is 25.0 Å². The van der Waals surface area contributed by atoms with Gasteiger partial charge in [-0.2, -0.15) is 0 Å². The first-order valence-electron chi connectivity index (χ1n) is 5.80. The molecule has 92 valence electrons. The average Bonchev–Trinajstić information content (AvgIpc) is 2.93. The maximum atomic E-state index is 11.6. The molecule has 1 aliphatic rings. The molecule has 0 atom stereocenters. The zero-order chi connectivity index (χ0) is 12.1. The number of carbonyl (C=O) groups excluding carboxylic acids is 1. The standard InChI is InChI=1S/C11H21N3OS/c1-8(2)13-11(15)7-14(9-3-4-9)6-5-10(12)16/h8-9H,3-7H2,1-2H3,(H2,12,16)(H,13,15). The molecule has 0 aromatic heterocycles. The molecule has 0 spiro atoms. The van der Waals surface area contributed by atoms with Crippen molar-refractivity contribution in [3.05, 3.63) is 0 Å². The first kappa shape index (κ1) is 13.4. The topological polar surface area (TPSA) is 58.4 Å². The third-order valence-corrected chi connectivity index (χ3v) is 2.71. The molecule has 0 aromatic carbocycles. The molecule has 0 heterocycles. The largest absolute Gasteiger partial charge is 0.393 e. The molecule has 0 unspecified atom stereocenters. The van der Waals surface area contributed by atoms with E-state index < -0.39 is 0 Å². The number of nitrogens with two attached hydrogens (primary N) is 1. The van der Waals surface area contributed by atoms with Gasteiger partial charge in [-0.15, -0.1) is 0 Å². The molecule has 3 N–H and O–H groups in total. The SMILES string of the molecule is CC(C)NC(=O)CN(CCC(N)=S)C1CC1. The predicted molar refractivity (Wildman–Crippen MR) is 69.3 cm³/mol. The van der Waals surface area contributed by atoms with Crippen LogP contribution in [0.15, 0.2) is 0 Å². The highest BCUT2D eigenvalue weighted by molar-refractivity contribution is 7.80. The van der Waals surface area contributed by atoms with Crippen LogP contribution >= 0.6 is 12.2 Å². The van der Waals surface area contributed by atoms with E-state index >= 15 is 0 Å². The van der Waals surface area contributed by atoms with Crippen LogP contribution in [0.5, 0.6) is 0 Å². The van der Waals surface area contributed by atoms with Gasteiger partial charge in [0.1, 0.15) is 0 Å². The third kappa shape index (κ3) is 5.42. The lowest BCUT2D eigenvalue weighted by molar-refractivity contribution is -0.122. The van der Waals surface area contributed by atoms with Crippen molar-refractivity contribution in [2.45, 2.75) is 45.2 Å². The summed E-state index contributed by atoms with van der Waals surface area (Å²) >= 11 is 4.85. The van der Waals surface area contributed by atoms with Crippen LogP contribution in [0.4, 0.5) is 0 Å². The second-order valence-electron chi connectivity index (χ2n) is 4.64. The number of amides is 1. The summed E-state index contributed by atoms with van der Waals surface area (Å²) in [5.41, 5.74) is 5.48. The van der Waals surface area contributed by atoms with Gasteiger partial charge in [-0.1, -0.05) is 12.2 Å². The number of hydrogen-bond donors (Lipinski definition) is 2. The van der Waals surface area contributed by atoms with Crippen molar-refractivity contribution in [3.63, 3.8) is 0 Å². The summed E-state index contributed by atoms with van der Waals surface area (Å²) in [6.07, 6.45) is 3.07. The van der Waals surface area contributed by atoms with Crippen LogP contribution in [-0.2, 0) is 4.79 Å². The number of carbonyl (C=O) groups is 1. The Morgan fingerprint density at radius 3 is 2.62 bits per heavy atom. The Hall–Kier alpha value is -0.680. The summed E-state index contributed by atoms with van der Waals surface area (Å²) in [5.74, 6) is 0.0878. The number of nitrogens with one attached hydrogen (secondary N) is 1. The van der Waals surface area contributed by atoms with Crippen molar-refractivity contribution < 1.29 is 4.79 Å². The summed E-state index contributed by atoms with van der Waals surface area (Å²) in [7, 11) is 0. The van der Waals surface area contributed by atoms with Crippen molar-refractivity contribution in [3.8, 4) is 0 Å². The van der Waals surface area contributed by atoms with E-state index in [9.17, 15) is 4.79 Å². The van der Waals surface area contributed by atoms with E-state index in [1.165, 1.54) is 12.8 Å². The lowest BCUT2D eigenvalue weighted by Gasteiger charge is -2.21. The molecule has 1 amide bonds. The highest BCUT2D eigenvalue weighted by atomic mass is 32.1. The minimum Gasteiger partial charge on any atom is -0.393 e. The lowest BCUT2D eigenvalue weighted by atomic mass is 10.3. The smallest absolute Gasteiger partial charge is 0.234 e. The normalized spacial score (nSPS) is 15.5. The van der Waals surface area contributed by atoms with Crippen LogP contribution in [0.2, 0.25) is 0 Å². The Kier molecular flexibility index (Phi) is 5.15. The van der Waals surface area contributed by atoms with E-state index in [0.29, 0.717) is 24.0 Å². The summed E-state index contributed by atoms with van der Waals surface area (Å²) in [5, 5.41) is 2.90. The Labute approximate surface area is 103 Å². The van der Waals surface area contributed by atoms with Crippen LogP contribution in [0.3, 0.4) is 0 Å². The molecule has 1 aliphatic carbocycles. The molecular weight excluding hydrogens is 222 g/mol. The van der Waals surface area contributed by atoms with Crippen molar-refractivity contribution in [1.29, 1.82) is 0 Å². The van der Waals surface area contributed by atoms with Gasteiger partial charge in [-0.25, -0.2) is 0 Å². The molecule has 0 aromatic rings. The zero-order valence-electron chi connectivity index (χ0n) is 10.0. The second kappa shape index (κ2) is 6.15. The third-order valence-electron chi connectivity index (χ3n) is 2.51. The van der Waals surface area contributed by atoms with Crippen LogP contribution in [0.25, 0.3) is 0 Å². The van der Waals surface area contributed by atoms with Crippen LogP contribution in [0, 0.1) is 0 Å². The monoisotopic (exact) mass is 243 g/mol. The average molecular weight is 243 g/mol. The quantitative estimate of drug-likeness (QED) is 0.645. The van der Waals surface area contributed by atoms with Gasteiger partial charge in [-0.3, -0.25) is 9.69 Å². The molecule has 0 bridgehead atoms. The van der Waals surface area contributed by atoms with Gasteiger partial charge in [0.15, 0.2) is 0 Å². The molecule has 1 saturated carbocycles. The Morgan fingerprint density at radius 2 is 2.19 bits per heavy atom. The van der Waals surface area contributed by atoms with Gasteiger partial charge in [0.2, 0.25) is 5.91 Å². The maximum absolute atomic E-state index is 11.6. The van der Waals surface area contributed by atoms with Gasteiger partial charge in [0.25, 0.3) is 0 Å². The molecule has 16 heavy (non-hydrogen) atoms. The van der Waals surface area contributed by atoms with Gasteiger partial charge in [0.05, 0.1) is 11.5 Å². The highest BCUT2D eigenvalue weighted by Gasteiger charge is 2.29. The van der Waals surface area contributed by atoms with Gasteiger partial charge >= 0.3 is 0 Å². The number of nitrogens with zero attached hydrogens (tertiary/aromatic N) is 1. The van der Waals surface area contributed by atoms with Crippen molar-refractivity contribution in [2.75, 3.05) is 13.1 Å². The maximum Gasteiger partial charge on any atom is 0.234 e. The fraction of sp³-hybridized carbons (Fsp3) is 0.818. The fourth-order valence-electron chi connectivity index (χ4n) is 1.64. The summed E-state index contributed by atoms with van der Waals surface area (Å²) in [6.45, 7) is 5.19. The molecule has 0 aliphatic heterocycles. The molecule has 4 nitrogen and oxygen atoms in total. The zero-order valence-corrected chi connectivity index (χ0v) is 10.8. The minimum absolute atomic E-state index is 0.0878. The van der Waals surface area contributed by atoms with E-state index in [4.69, 9.17) is 18.0 Å². The van der Waals surface area contributed by atoms with Crippen molar-refractivity contribution in [1.82, 2.24) is 10.2 Å². The first-order chi connectivity index (χ1) is 7.49. The molecule has 5 heteroatoms. The van der Waals surface area contributed by atoms with Crippen LogP contribution in [-0.4, -0.2) is 41.0 Å². The van der Waals surface area contributed by atoms with E-state index in [0.717, 1.165) is 6.54 Å². The number of thiocarbonyl (C=S) groups is 1. The van der Waals surface area contributed by atoms with E-state index in [2.05, 4.69) is 10.2 Å². The molecular formula is C11H21N3OS. The van der Waals surface area contributed by atoms with Crippen LogP contribution in [0.1, 0.15) is 33.1 Å². The van der Waals surface area contributed by atoms with Gasteiger partial charge < -0.3 is 11.1 Å². The van der Waals surface area contributed by atoms with Crippen molar-refractivity contribution in [2.24, 2.45) is 5.73 Å². The molecule has 1 fully saturated rings. The van der Waals surface area contributed by atoms with Crippen molar-refractivity contribution >= 4 is 23.1 Å². The van der Waals surface area contributed by atoms with E-state index in [1.807, 2.05) is 13.8 Å². The summed E-state index contributed by atoms with van der Waals surface area (Å²) in [6, 6.07) is 0.761. The second-order valence-corrected chi connectivity index (χ2v) is 5.16. The minimum atomic E-state index is 0.0878. The molecule has 0 radical (unpaired) electrons. The fourth-order valence-corrected chi connectivity index (χ4v) is 1.73. The lowest BCUT2D eigenvalue weighted by Crippen LogP contribution is -2.42. The predicted octanol–water partition coefficient (Wildman–Crippen LogP) is 0.652. The van der Waals surface area contributed by atoms with E-state index in [-0.39, 0.29) is 11.9 Å². The molecule has 1 rings (SSSR count). The molecule has 0 saturated heterocycles. The Balaban J connectivity index is 2.32. The Bertz CT molecular complexity index is 264. The summed E-state index contributed by atoms with van der Waals surface area (Å²) < 4.78 is 0. The van der Waals surface area contributed by atoms with Gasteiger partial charge in [-0.05, 0) is 26.7 Å². The number of hydrogen-bond acceptors (Lipinski definition) is 3. The highest BCUT2D eigenvalue weighted by Crippen LogP contribution is 2.26. The first-order valence-corrected chi connectivity index (χ1v) is 6.21. The Morgan fingerprint density at radius 1 is 1.56 bits per heavy atom. The van der Waals surface area contributed by atoms with E-state index in [1.54, 1.807) is 0 Å². The number of rotatable bonds is 7. The van der Waals surface area contributed by atoms with Crippen LogP contribution < -0.4 is 11.1 Å².